The van der Waals surface area contributed by atoms with E-state index in [0.717, 1.165) is 36.1 Å². The van der Waals surface area contributed by atoms with E-state index in [1.54, 1.807) is 0 Å². The van der Waals surface area contributed by atoms with Crippen molar-refractivity contribution in [1.82, 2.24) is 9.80 Å². The summed E-state index contributed by atoms with van der Waals surface area (Å²) in [4.78, 5) is 29.9. The molecule has 0 aliphatic carbocycles. The van der Waals surface area contributed by atoms with E-state index in [4.69, 9.17) is 0 Å². The topological polar surface area (TPSA) is 60.9 Å². The second-order valence-corrected chi connectivity index (χ2v) is 8.27. The molecule has 2 aliphatic rings. The molecule has 5 nitrogen and oxygen atoms in total. The van der Waals surface area contributed by atoms with Gasteiger partial charge in [-0.25, -0.2) is 0 Å². The zero-order valence-corrected chi connectivity index (χ0v) is 16.8. The fraction of sp³-hybridized carbons (Fsp3) is 0.545. The van der Waals surface area contributed by atoms with Crippen LogP contribution < -0.4 is 0 Å². The fourth-order valence-electron chi connectivity index (χ4n) is 3.96. The second kappa shape index (κ2) is 7.85. The fourth-order valence-corrected chi connectivity index (χ4v) is 3.96. The van der Waals surface area contributed by atoms with Gasteiger partial charge in [0.25, 0.3) is 11.8 Å². The molecule has 0 saturated carbocycles. The molecule has 146 valence electrons. The molecule has 2 amide bonds. The molecular formula is C22H30N2O3. The number of carbonyl (C=O) groups excluding carboxylic acids is 2. The Labute approximate surface area is 161 Å². The first kappa shape index (κ1) is 19.6. The van der Waals surface area contributed by atoms with Crippen molar-refractivity contribution in [2.45, 2.75) is 40.5 Å². The quantitative estimate of drug-likeness (QED) is 0.810. The number of carbonyl (C=O) groups is 2. The van der Waals surface area contributed by atoms with E-state index in [9.17, 15) is 14.7 Å². The number of rotatable bonds is 5. The molecule has 0 radical (unpaired) electrons. The van der Waals surface area contributed by atoms with Crippen LogP contribution in [0.25, 0.3) is 5.57 Å². The van der Waals surface area contributed by atoms with Crippen molar-refractivity contribution in [1.29, 1.82) is 0 Å². The highest BCUT2D eigenvalue weighted by Crippen LogP contribution is 2.34. The van der Waals surface area contributed by atoms with Gasteiger partial charge in [-0.2, -0.15) is 0 Å². The summed E-state index contributed by atoms with van der Waals surface area (Å²) in [6.45, 7) is 9.98. The van der Waals surface area contributed by atoms with Gasteiger partial charge in [0.1, 0.15) is 5.70 Å². The third-order valence-electron chi connectivity index (χ3n) is 5.58. The van der Waals surface area contributed by atoms with Gasteiger partial charge in [-0.3, -0.25) is 14.5 Å². The molecule has 0 bridgehead atoms. The predicted octanol–water partition coefficient (Wildman–Crippen LogP) is 2.74. The summed E-state index contributed by atoms with van der Waals surface area (Å²) in [5.74, 6) is -0.0299. The Hall–Kier alpha value is -2.14. The van der Waals surface area contributed by atoms with Gasteiger partial charge in [-0.1, -0.05) is 32.0 Å². The summed E-state index contributed by atoms with van der Waals surface area (Å²) in [5.41, 5.74) is 4.11. The van der Waals surface area contributed by atoms with Crippen molar-refractivity contribution >= 4 is 17.4 Å². The van der Waals surface area contributed by atoms with Crippen LogP contribution in [0, 0.1) is 25.7 Å². The van der Waals surface area contributed by atoms with Gasteiger partial charge in [0.2, 0.25) is 0 Å². The zero-order chi connectivity index (χ0) is 19.7. The molecule has 1 saturated heterocycles. The Bertz CT molecular complexity index is 782. The van der Waals surface area contributed by atoms with Gasteiger partial charge in [-0.15, -0.1) is 0 Å². The van der Waals surface area contributed by atoms with Gasteiger partial charge < -0.3 is 10.0 Å². The maximum atomic E-state index is 13.2. The smallest absolute Gasteiger partial charge is 0.277 e. The third kappa shape index (κ3) is 3.79. The Kier molecular flexibility index (Phi) is 5.70. The highest BCUT2D eigenvalue weighted by molar-refractivity contribution is 6.35. The lowest BCUT2D eigenvalue weighted by Crippen LogP contribution is -2.41. The van der Waals surface area contributed by atoms with Crippen LogP contribution in [0.3, 0.4) is 0 Å². The molecule has 2 aliphatic heterocycles. The Morgan fingerprint density at radius 1 is 1.15 bits per heavy atom. The summed E-state index contributed by atoms with van der Waals surface area (Å²) in [6.07, 6.45) is 1.87. The second-order valence-electron chi connectivity index (χ2n) is 8.27. The number of hydrogen-bond donors (Lipinski definition) is 1. The number of aryl methyl sites for hydroxylation is 2. The zero-order valence-electron chi connectivity index (χ0n) is 16.8. The Morgan fingerprint density at radius 3 is 2.52 bits per heavy atom. The van der Waals surface area contributed by atoms with Crippen LogP contribution in [0.2, 0.25) is 0 Å². The number of hydrogen-bond acceptors (Lipinski definition) is 4. The van der Waals surface area contributed by atoms with Gasteiger partial charge >= 0.3 is 0 Å². The normalized spacial score (nSPS) is 21.0. The average molecular weight is 370 g/mol. The van der Waals surface area contributed by atoms with Crippen molar-refractivity contribution in [2.24, 2.45) is 11.8 Å². The molecule has 2 heterocycles. The maximum Gasteiger partial charge on any atom is 0.277 e. The molecule has 1 unspecified atom stereocenters. The molecule has 1 aromatic rings. The molecule has 0 spiro atoms. The lowest BCUT2D eigenvalue weighted by molar-refractivity contribution is -0.138. The number of nitrogens with zero attached hydrogens (tertiary/aromatic N) is 2. The first-order valence-corrected chi connectivity index (χ1v) is 9.87. The number of likely N-dealkylation sites (tertiary alicyclic amines) is 1. The third-order valence-corrected chi connectivity index (χ3v) is 5.58. The first-order valence-electron chi connectivity index (χ1n) is 9.87. The molecule has 5 heteroatoms. The molecular weight excluding hydrogens is 340 g/mol. The van der Waals surface area contributed by atoms with Crippen LogP contribution in [0.15, 0.2) is 23.9 Å². The summed E-state index contributed by atoms with van der Waals surface area (Å²) in [7, 11) is 0. The minimum atomic E-state index is -0.196. The van der Waals surface area contributed by atoms with E-state index >= 15 is 0 Å². The lowest BCUT2D eigenvalue weighted by atomic mass is 9.96. The lowest BCUT2D eigenvalue weighted by Gasteiger charge is -2.34. The maximum absolute atomic E-state index is 13.2. The monoisotopic (exact) mass is 370 g/mol. The molecule has 1 fully saturated rings. The molecule has 1 N–H and O–H groups in total. The SMILES string of the molecule is Cc1ccc(C2=C(N3CCCC(CO)C3)C(=O)N(CC(C)C)C2=O)cc1C. The van der Waals surface area contributed by atoms with Crippen LogP contribution in [0.4, 0.5) is 0 Å². The molecule has 27 heavy (non-hydrogen) atoms. The van der Waals surface area contributed by atoms with Crippen LogP contribution in [-0.4, -0.2) is 53.0 Å². The average Bonchev–Trinajstić information content (AvgIpc) is 2.88. The van der Waals surface area contributed by atoms with Crippen LogP contribution >= 0.6 is 0 Å². The van der Waals surface area contributed by atoms with Crippen molar-refractivity contribution in [3.05, 3.63) is 40.6 Å². The van der Waals surface area contributed by atoms with Crippen molar-refractivity contribution < 1.29 is 14.7 Å². The number of imide groups is 1. The first-order chi connectivity index (χ1) is 12.8. The molecule has 0 aromatic heterocycles. The summed E-state index contributed by atoms with van der Waals surface area (Å²) < 4.78 is 0. The highest BCUT2D eigenvalue weighted by atomic mass is 16.3. The van der Waals surface area contributed by atoms with E-state index in [0.29, 0.717) is 24.4 Å². The summed E-state index contributed by atoms with van der Waals surface area (Å²) >= 11 is 0. The molecule has 1 aromatic carbocycles. The Morgan fingerprint density at radius 2 is 1.89 bits per heavy atom. The predicted molar refractivity (Wildman–Crippen MR) is 106 cm³/mol. The van der Waals surface area contributed by atoms with Gasteiger partial charge in [0, 0.05) is 26.2 Å². The number of aliphatic hydroxyl groups is 1. The van der Waals surface area contributed by atoms with Gasteiger partial charge in [-0.05, 0) is 55.2 Å². The van der Waals surface area contributed by atoms with Gasteiger partial charge in [0.15, 0.2) is 0 Å². The van der Waals surface area contributed by atoms with E-state index in [1.807, 2.05) is 50.8 Å². The minimum absolute atomic E-state index is 0.112. The number of piperidine rings is 1. The van der Waals surface area contributed by atoms with E-state index in [-0.39, 0.29) is 30.3 Å². The largest absolute Gasteiger partial charge is 0.396 e. The van der Waals surface area contributed by atoms with E-state index in [2.05, 4.69) is 0 Å². The van der Waals surface area contributed by atoms with Crippen LogP contribution in [0.1, 0.15) is 43.4 Å². The summed E-state index contributed by atoms with van der Waals surface area (Å²) in [6, 6.07) is 5.95. The Balaban J connectivity index is 2.07. The number of amides is 2. The van der Waals surface area contributed by atoms with Crippen molar-refractivity contribution in [3.8, 4) is 0 Å². The molecule has 1 atom stereocenters. The summed E-state index contributed by atoms with van der Waals surface area (Å²) in [5, 5.41) is 9.59. The molecule has 3 rings (SSSR count). The van der Waals surface area contributed by atoms with Crippen molar-refractivity contribution in [2.75, 3.05) is 26.2 Å². The van der Waals surface area contributed by atoms with Crippen LogP contribution in [0.5, 0.6) is 0 Å². The van der Waals surface area contributed by atoms with Crippen molar-refractivity contribution in [3.63, 3.8) is 0 Å². The highest BCUT2D eigenvalue weighted by Gasteiger charge is 2.42. The number of benzene rings is 1. The van der Waals surface area contributed by atoms with Crippen LogP contribution in [-0.2, 0) is 9.59 Å². The van der Waals surface area contributed by atoms with Gasteiger partial charge in [0.05, 0.1) is 5.57 Å². The van der Waals surface area contributed by atoms with E-state index in [1.165, 1.54) is 4.90 Å². The van der Waals surface area contributed by atoms with E-state index < -0.39 is 0 Å². The minimum Gasteiger partial charge on any atom is -0.396 e. The standard InChI is InChI=1S/C22H30N2O3/c1-14(2)11-24-21(26)19(18-8-7-15(3)16(4)10-18)20(22(24)27)23-9-5-6-17(12-23)13-25/h7-8,10,14,17,25H,5-6,9,11-13H2,1-4H3. The number of aliphatic hydroxyl groups excluding tert-OH is 1.